The van der Waals surface area contributed by atoms with Gasteiger partial charge in [0, 0.05) is 18.7 Å². The molecule has 1 fully saturated rings. The highest BCUT2D eigenvalue weighted by Crippen LogP contribution is 2.37. The van der Waals surface area contributed by atoms with E-state index in [1.807, 2.05) is 30.3 Å². The molecule has 1 aromatic heterocycles. The Kier molecular flexibility index (Phi) is 5.37. The molecule has 4 rings (SSSR count). The Morgan fingerprint density at radius 3 is 2.17 bits per heavy atom. The highest BCUT2D eigenvalue weighted by atomic mass is 15.2. The molecule has 2 aromatic carbocycles. The summed E-state index contributed by atoms with van der Waals surface area (Å²) in [5.41, 5.74) is 11.5. The number of nitrogens with two attached hydrogens (primary N) is 1. The first-order chi connectivity index (χ1) is 14.6. The number of anilines is 2. The summed E-state index contributed by atoms with van der Waals surface area (Å²) in [6.45, 7) is 3.75. The van der Waals surface area contributed by atoms with Gasteiger partial charge in [-0.3, -0.25) is 0 Å². The maximum Gasteiger partial charge on any atom is 0.149 e. The van der Waals surface area contributed by atoms with Crippen LogP contribution < -0.4 is 10.6 Å². The van der Waals surface area contributed by atoms with Crippen LogP contribution in [0.15, 0.2) is 48.5 Å². The maximum atomic E-state index is 10.1. The summed E-state index contributed by atoms with van der Waals surface area (Å²) in [6, 6.07) is 20.7. The van der Waals surface area contributed by atoms with Gasteiger partial charge < -0.3 is 10.6 Å². The van der Waals surface area contributed by atoms with E-state index in [-0.39, 0.29) is 11.4 Å². The molecule has 1 aliphatic rings. The van der Waals surface area contributed by atoms with Crippen LogP contribution in [0, 0.1) is 29.6 Å². The first-order valence-electron chi connectivity index (χ1n) is 10.2. The average molecular weight is 393 g/mol. The monoisotopic (exact) mass is 393 g/mol. The molecule has 5 nitrogen and oxygen atoms in total. The number of hydrogen-bond donors (Lipinski definition) is 1. The van der Waals surface area contributed by atoms with Gasteiger partial charge in [-0.05, 0) is 48.9 Å². The lowest BCUT2D eigenvalue weighted by molar-refractivity contribution is 0.573. The summed E-state index contributed by atoms with van der Waals surface area (Å²) >= 11 is 0. The van der Waals surface area contributed by atoms with Crippen LogP contribution in [0.3, 0.4) is 0 Å². The van der Waals surface area contributed by atoms with Crippen molar-refractivity contribution in [2.75, 3.05) is 23.7 Å². The van der Waals surface area contributed by atoms with Crippen LogP contribution in [0.2, 0.25) is 0 Å². The lowest BCUT2D eigenvalue weighted by Crippen LogP contribution is -2.31. The maximum absolute atomic E-state index is 10.1. The number of nitriles is 2. The van der Waals surface area contributed by atoms with Crippen LogP contribution in [-0.4, -0.2) is 18.1 Å². The summed E-state index contributed by atoms with van der Waals surface area (Å²) in [7, 11) is 0. The number of nitrogen functional groups attached to an aromatic ring is 1. The van der Waals surface area contributed by atoms with E-state index in [9.17, 15) is 10.5 Å². The van der Waals surface area contributed by atoms with Gasteiger partial charge in [-0.25, -0.2) is 4.98 Å². The van der Waals surface area contributed by atoms with Crippen molar-refractivity contribution in [2.45, 2.75) is 26.2 Å². The molecule has 0 atom stereocenters. The zero-order valence-corrected chi connectivity index (χ0v) is 17.0. The smallest absolute Gasteiger partial charge is 0.149 e. The zero-order chi connectivity index (χ0) is 21.1. The summed E-state index contributed by atoms with van der Waals surface area (Å²) in [5.74, 6) is 0.762. The van der Waals surface area contributed by atoms with Gasteiger partial charge in [0.1, 0.15) is 34.9 Å². The fraction of sp³-hybridized carbons (Fsp3) is 0.240. The lowest BCUT2D eigenvalue weighted by Gasteiger charge is -2.29. The highest BCUT2D eigenvalue weighted by Gasteiger charge is 2.24. The van der Waals surface area contributed by atoms with Crippen molar-refractivity contribution in [1.82, 2.24) is 4.98 Å². The second-order valence-electron chi connectivity index (χ2n) is 7.67. The van der Waals surface area contributed by atoms with E-state index in [1.165, 1.54) is 12.0 Å². The number of piperidine rings is 1. The molecule has 5 heteroatoms. The van der Waals surface area contributed by atoms with Crippen LogP contribution in [-0.2, 0) is 0 Å². The van der Waals surface area contributed by atoms with Crippen LogP contribution in [0.1, 0.15) is 36.0 Å². The van der Waals surface area contributed by atoms with Crippen molar-refractivity contribution < 1.29 is 0 Å². The molecule has 0 bridgehead atoms. The van der Waals surface area contributed by atoms with Crippen molar-refractivity contribution in [1.29, 1.82) is 10.5 Å². The van der Waals surface area contributed by atoms with Gasteiger partial charge >= 0.3 is 0 Å². The van der Waals surface area contributed by atoms with Crippen molar-refractivity contribution in [3.05, 3.63) is 65.2 Å². The molecule has 1 aliphatic heterocycles. The molecule has 2 heterocycles. The van der Waals surface area contributed by atoms with E-state index in [1.54, 1.807) is 0 Å². The Morgan fingerprint density at radius 2 is 1.50 bits per heavy atom. The van der Waals surface area contributed by atoms with E-state index >= 15 is 0 Å². The van der Waals surface area contributed by atoms with Crippen molar-refractivity contribution >= 4 is 11.6 Å². The molecular formula is C25H23N5. The van der Waals surface area contributed by atoms with E-state index in [0.717, 1.165) is 42.6 Å². The van der Waals surface area contributed by atoms with Gasteiger partial charge in [0.15, 0.2) is 0 Å². The zero-order valence-electron chi connectivity index (χ0n) is 17.0. The van der Waals surface area contributed by atoms with Crippen molar-refractivity contribution in [2.24, 2.45) is 0 Å². The number of nitrogens with zero attached hydrogens (tertiary/aromatic N) is 4. The Bertz CT molecular complexity index is 1180. The van der Waals surface area contributed by atoms with Crippen molar-refractivity contribution in [3.8, 4) is 34.4 Å². The molecule has 0 spiro atoms. The van der Waals surface area contributed by atoms with E-state index in [2.05, 4.69) is 47.1 Å². The van der Waals surface area contributed by atoms with E-state index in [0.29, 0.717) is 16.9 Å². The molecule has 1 saturated heterocycles. The first-order valence-corrected chi connectivity index (χ1v) is 10.2. The number of aryl methyl sites for hydroxylation is 1. The normalized spacial score (nSPS) is 13.5. The minimum Gasteiger partial charge on any atom is -0.383 e. The number of rotatable bonds is 3. The standard InChI is InChI=1S/C25H23N5/c1-17-7-5-8-18(13-17)19-9-6-10-20(14-19)23-21(15-26)24(28)29-25(22(23)16-27)30-11-3-2-4-12-30/h5-10,13-14H,2-4,11-12H2,1H3,(H2,28,29). The fourth-order valence-corrected chi connectivity index (χ4v) is 4.11. The number of benzene rings is 2. The minimum atomic E-state index is 0.174. The predicted octanol–water partition coefficient (Wildman–Crippen LogP) is 5.04. The molecule has 0 saturated carbocycles. The highest BCUT2D eigenvalue weighted by molar-refractivity contribution is 5.87. The Morgan fingerprint density at radius 1 is 0.867 bits per heavy atom. The SMILES string of the molecule is Cc1cccc(-c2cccc(-c3c(C#N)c(N)nc(N4CCCCC4)c3C#N)c2)c1. The second-order valence-corrected chi connectivity index (χ2v) is 7.67. The molecule has 2 N–H and O–H groups in total. The third-order valence-electron chi connectivity index (χ3n) is 5.59. The molecule has 0 amide bonds. The van der Waals surface area contributed by atoms with Gasteiger partial charge in [-0.1, -0.05) is 48.0 Å². The van der Waals surface area contributed by atoms with Crippen LogP contribution >= 0.6 is 0 Å². The predicted molar refractivity (Wildman–Crippen MR) is 120 cm³/mol. The number of pyridine rings is 1. The first kappa shape index (κ1) is 19.5. The van der Waals surface area contributed by atoms with Gasteiger partial charge in [0.05, 0.1) is 0 Å². The molecule has 0 aliphatic carbocycles. The summed E-state index contributed by atoms with van der Waals surface area (Å²) in [6.07, 6.45) is 3.30. The Balaban J connectivity index is 1.92. The van der Waals surface area contributed by atoms with E-state index < -0.39 is 0 Å². The van der Waals surface area contributed by atoms with Gasteiger partial charge in [-0.15, -0.1) is 0 Å². The van der Waals surface area contributed by atoms with Gasteiger partial charge in [0.25, 0.3) is 0 Å². The summed E-state index contributed by atoms with van der Waals surface area (Å²) < 4.78 is 0. The second kappa shape index (κ2) is 8.27. The Labute approximate surface area is 177 Å². The molecule has 0 radical (unpaired) electrons. The quantitative estimate of drug-likeness (QED) is 0.673. The molecule has 3 aromatic rings. The summed E-state index contributed by atoms with van der Waals surface area (Å²) in [5, 5.41) is 19.9. The third-order valence-corrected chi connectivity index (χ3v) is 5.59. The molecule has 30 heavy (non-hydrogen) atoms. The molecular weight excluding hydrogens is 370 g/mol. The molecule has 0 unspecified atom stereocenters. The van der Waals surface area contributed by atoms with Gasteiger partial charge in [-0.2, -0.15) is 10.5 Å². The van der Waals surface area contributed by atoms with Crippen molar-refractivity contribution in [3.63, 3.8) is 0 Å². The summed E-state index contributed by atoms with van der Waals surface area (Å²) in [4.78, 5) is 6.59. The van der Waals surface area contributed by atoms with E-state index in [4.69, 9.17) is 5.73 Å². The third kappa shape index (κ3) is 3.58. The number of hydrogen-bond acceptors (Lipinski definition) is 5. The Hall–Kier alpha value is -3.83. The topological polar surface area (TPSA) is 89.7 Å². The fourth-order valence-electron chi connectivity index (χ4n) is 4.11. The molecule has 148 valence electrons. The van der Waals surface area contributed by atoms with Gasteiger partial charge in [0.2, 0.25) is 0 Å². The van der Waals surface area contributed by atoms with Crippen LogP contribution in [0.5, 0.6) is 0 Å². The van der Waals surface area contributed by atoms with Crippen LogP contribution in [0.4, 0.5) is 11.6 Å². The largest absolute Gasteiger partial charge is 0.383 e. The van der Waals surface area contributed by atoms with Crippen LogP contribution in [0.25, 0.3) is 22.3 Å². The minimum absolute atomic E-state index is 0.174. The number of aromatic nitrogens is 1. The lowest BCUT2D eigenvalue weighted by atomic mass is 9.92. The average Bonchev–Trinajstić information content (AvgIpc) is 2.79.